The monoisotopic (exact) mass is 359 g/mol. The van der Waals surface area contributed by atoms with Crippen LogP contribution < -0.4 is 20.9 Å². The van der Waals surface area contributed by atoms with Crippen molar-refractivity contribution in [2.75, 3.05) is 26.7 Å². The van der Waals surface area contributed by atoms with Gasteiger partial charge in [-0.3, -0.25) is 15.6 Å². The first-order valence-corrected chi connectivity index (χ1v) is 8.72. The van der Waals surface area contributed by atoms with E-state index in [9.17, 15) is 4.79 Å². The fraction of sp³-hybridized carbons (Fsp3) is 0.316. The van der Waals surface area contributed by atoms with E-state index in [0.29, 0.717) is 24.4 Å². The summed E-state index contributed by atoms with van der Waals surface area (Å²) in [4.78, 5) is 12.4. The summed E-state index contributed by atoms with van der Waals surface area (Å²) in [6.45, 7) is 2.22. The Labute approximate surface area is 152 Å². The summed E-state index contributed by atoms with van der Waals surface area (Å²) < 4.78 is 5.49. The van der Waals surface area contributed by atoms with Crippen molar-refractivity contribution in [3.05, 3.63) is 64.2 Å². The van der Waals surface area contributed by atoms with Gasteiger partial charge in [-0.05, 0) is 35.7 Å². The van der Waals surface area contributed by atoms with Crippen LogP contribution >= 0.6 is 11.6 Å². The van der Waals surface area contributed by atoms with E-state index in [1.165, 1.54) is 0 Å². The van der Waals surface area contributed by atoms with Crippen molar-refractivity contribution in [3.8, 4) is 5.75 Å². The van der Waals surface area contributed by atoms with Crippen molar-refractivity contribution >= 4 is 17.5 Å². The number of hydrogen-bond acceptors (Lipinski definition) is 4. The Balaban J connectivity index is 1.62. The normalized spacial score (nSPS) is 14.5. The van der Waals surface area contributed by atoms with E-state index in [0.717, 1.165) is 35.0 Å². The van der Waals surface area contributed by atoms with Crippen LogP contribution in [0.15, 0.2) is 42.5 Å². The van der Waals surface area contributed by atoms with E-state index in [-0.39, 0.29) is 5.91 Å². The van der Waals surface area contributed by atoms with Gasteiger partial charge in [-0.25, -0.2) is 0 Å². The fourth-order valence-electron chi connectivity index (χ4n) is 2.99. The van der Waals surface area contributed by atoms with Gasteiger partial charge >= 0.3 is 0 Å². The number of rotatable bonds is 6. The lowest BCUT2D eigenvalue weighted by molar-refractivity contribution is 0.0953. The molecule has 5 nitrogen and oxygen atoms in total. The summed E-state index contributed by atoms with van der Waals surface area (Å²) in [6.07, 6.45) is 0.694. The fourth-order valence-corrected chi connectivity index (χ4v) is 3.22. The number of carbonyl (C=O) groups excluding carboxylic acids is 1. The quantitative estimate of drug-likeness (QED) is 0.741. The lowest BCUT2D eigenvalue weighted by Crippen LogP contribution is -2.26. The predicted molar refractivity (Wildman–Crippen MR) is 99.2 cm³/mol. The first kappa shape index (κ1) is 17.7. The van der Waals surface area contributed by atoms with Gasteiger partial charge in [0, 0.05) is 36.1 Å². The van der Waals surface area contributed by atoms with Crippen molar-refractivity contribution in [2.45, 2.75) is 12.3 Å². The Morgan fingerprint density at radius 2 is 2.00 bits per heavy atom. The molecule has 1 amide bonds. The van der Waals surface area contributed by atoms with Crippen LogP contribution in [0.1, 0.15) is 27.4 Å². The second-order valence-corrected chi connectivity index (χ2v) is 6.42. The first-order chi connectivity index (χ1) is 12.2. The Bertz CT molecular complexity index is 745. The topological polar surface area (TPSA) is 62.4 Å². The maximum absolute atomic E-state index is 12.4. The molecule has 1 fully saturated rings. The molecule has 25 heavy (non-hydrogen) atoms. The Hall–Kier alpha value is -2.08. The largest absolute Gasteiger partial charge is 0.496 e. The molecule has 1 aliphatic rings. The Kier molecular flexibility index (Phi) is 5.91. The molecule has 0 radical (unpaired) electrons. The number of carbonyl (C=O) groups is 1. The number of methoxy groups -OCH3 is 1. The van der Waals surface area contributed by atoms with Crippen molar-refractivity contribution in [1.29, 1.82) is 0 Å². The highest BCUT2D eigenvalue weighted by atomic mass is 35.5. The van der Waals surface area contributed by atoms with Gasteiger partial charge in [-0.15, -0.1) is 0 Å². The number of nitrogens with one attached hydrogen (secondary N) is 3. The van der Waals surface area contributed by atoms with Gasteiger partial charge < -0.3 is 10.1 Å². The van der Waals surface area contributed by atoms with E-state index in [1.807, 2.05) is 36.4 Å². The van der Waals surface area contributed by atoms with Crippen LogP contribution in [-0.2, 0) is 6.42 Å². The van der Waals surface area contributed by atoms with Crippen LogP contribution in [0, 0.1) is 0 Å². The van der Waals surface area contributed by atoms with Gasteiger partial charge in [0.1, 0.15) is 5.75 Å². The minimum absolute atomic E-state index is 0.112. The SMILES string of the molecule is COc1cc(C(=O)NCCc2ccccc2Cl)ccc1C1CNNC1. The molecule has 2 aromatic carbocycles. The number of hydrogen-bond donors (Lipinski definition) is 3. The van der Waals surface area contributed by atoms with Gasteiger partial charge in [0.25, 0.3) is 5.91 Å². The molecule has 3 N–H and O–H groups in total. The molecule has 1 aliphatic heterocycles. The highest BCUT2D eigenvalue weighted by Gasteiger charge is 2.21. The molecule has 0 aliphatic carbocycles. The zero-order chi connectivity index (χ0) is 17.6. The van der Waals surface area contributed by atoms with E-state index in [2.05, 4.69) is 16.2 Å². The van der Waals surface area contributed by atoms with Gasteiger partial charge in [0.2, 0.25) is 0 Å². The second kappa shape index (κ2) is 8.34. The molecule has 3 rings (SSSR count). The van der Waals surface area contributed by atoms with Crippen LogP contribution in [0.4, 0.5) is 0 Å². The molecule has 0 atom stereocenters. The van der Waals surface area contributed by atoms with Crippen molar-refractivity contribution < 1.29 is 9.53 Å². The third-order valence-electron chi connectivity index (χ3n) is 4.40. The minimum Gasteiger partial charge on any atom is -0.496 e. The number of benzene rings is 2. The molecule has 1 saturated heterocycles. The molecule has 0 spiro atoms. The summed E-state index contributed by atoms with van der Waals surface area (Å²) in [5.41, 5.74) is 8.95. The number of halogens is 1. The summed E-state index contributed by atoms with van der Waals surface area (Å²) in [6, 6.07) is 13.3. The third kappa shape index (κ3) is 4.31. The van der Waals surface area contributed by atoms with Crippen LogP contribution in [0.5, 0.6) is 5.75 Å². The van der Waals surface area contributed by atoms with E-state index >= 15 is 0 Å². The molecule has 0 aromatic heterocycles. The Morgan fingerprint density at radius 1 is 1.24 bits per heavy atom. The lowest BCUT2D eigenvalue weighted by Gasteiger charge is -2.15. The van der Waals surface area contributed by atoms with Crippen molar-refractivity contribution in [1.82, 2.24) is 16.2 Å². The number of amides is 1. The maximum atomic E-state index is 12.4. The number of hydrazine groups is 1. The van der Waals surface area contributed by atoms with Gasteiger partial charge in [-0.1, -0.05) is 35.9 Å². The third-order valence-corrected chi connectivity index (χ3v) is 4.76. The zero-order valence-corrected chi connectivity index (χ0v) is 14.9. The molecule has 132 valence electrons. The lowest BCUT2D eigenvalue weighted by atomic mass is 9.97. The maximum Gasteiger partial charge on any atom is 0.251 e. The number of ether oxygens (including phenoxy) is 1. The molecule has 0 bridgehead atoms. The van der Waals surface area contributed by atoms with Gasteiger partial charge in [-0.2, -0.15) is 0 Å². The van der Waals surface area contributed by atoms with Crippen molar-refractivity contribution in [3.63, 3.8) is 0 Å². The highest BCUT2D eigenvalue weighted by molar-refractivity contribution is 6.31. The molecule has 0 saturated carbocycles. The van der Waals surface area contributed by atoms with Crippen LogP contribution in [0.3, 0.4) is 0 Å². The average molecular weight is 360 g/mol. The zero-order valence-electron chi connectivity index (χ0n) is 14.1. The summed E-state index contributed by atoms with van der Waals surface area (Å²) in [5.74, 6) is 0.973. The first-order valence-electron chi connectivity index (χ1n) is 8.34. The predicted octanol–water partition coefficient (Wildman–Crippen LogP) is 2.51. The van der Waals surface area contributed by atoms with Crippen LogP contribution in [0.25, 0.3) is 0 Å². The minimum atomic E-state index is -0.112. The van der Waals surface area contributed by atoms with Gasteiger partial charge in [0.05, 0.1) is 7.11 Å². The van der Waals surface area contributed by atoms with Gasteiger partial charge in [0.15, 0.2) is 0 Å². The second-order valence-electron chi connectivity index (χ2n) is 6.01. The van der Waals surface area contributed by atoms with Crippen LogP contribution in [-0.4, -0.2) is 32.7 Å². The van der Waals surface area contributed by atoms with E-state index in [1.54, 1.807) is 13.2 Å². The molecule has 1 heterocycles. The van der Waals surface area contributed by atoms with Crippen LogP contribution in [0.2, 0.25) is 5.02 Å². The standard InChI is InChI=1S/C19H22ClN3O2/c1-25-18-10-14(6-7-16(18)15-11-22-23-12-15)19(24)21-9-8-13-4-2-3-5-17(13)20/h2-7,10,15,22-23H,8-9,11-12H2,1H3,(H,21,24). The summed E-state index contributed by atoms with van der Waals surface area (Å²) >= 11 is 6.14. The smallest absolute Gasteiger partial charge is 0.251 e. The molecule has 0 unspecified atom stereocenters. The van der Waals surface area contributed by atoms with E-state index in [4.69, 9.17) is 16.3 Å². The van der Waals surface area contributed by atoms with Crippen molar-refractivity contribution in [2.24, 2.45) is 0 Å². The molecular formula is C19H22ClN3O2. The summed E-state index contributed by atoms with van der Waals surface area (Å²) in [7, 11) is 1.63. The molecule has 6 heteroatoms. The molecular weight excluding hydrogens is 338 g/mol. The summed E-state index contributed by atoms with van der Waals surface area (Å²) in [5, 5.41) is 3.66. The Morgan fingerprint density at radius 3 is 2.72 bits per heavy atom. The van der Waals surface area contributed by atoms with E-state index < -0.39 is 0 Å². The average Bonchev–Trinajstić information content (AvgIpc) is 3.17. The molecule has 2 aromatic rings. The highest BCUT2D eigenvalue weighted by Crippen LogP contribution is 2.28.